The lowest BCUT2D eigenvalue weighted by atomic mass is 10.1. The molecule has 2 aromatic rings. The summed E-state index contributed by atoms with van der Waals surface area (Å²) in [6, 6.07) is -0.234. The number of allylic oxidation sites excluding steroid dienone is 5. The van der Waals surface area contributed by atoms with Crippen LogP contribution in [0.4, 0.5) is 23.5 Å². The van der Waals surface area contributed by atoms with Gasteiger partial charge in [0.15, 0.2) is 0 Å². The number of hydrogen-bond acceptors (Lipinski definition) is 7. The zero-order valence-corrected chi connectivity index (χ0v) is 20.8. The average Bonchev–Trinajstić information content (AvgIpc) is 3.14. The third kappa shape index (κ3) is 6.29. The van der Waals surface area contributed by atoms with Gasteiger partial charge in [-0.25, -0.2) is 32.1 Å². The Morgan fingerprint density at radius 2 is 1.92 bits per heavy atom. The van der Waals surface area contributed by atoms with E-state index >= 15 is 0 Å². The van der Waals surface area contributed by atoms with E-state index in [1.54, 1.807) is 0 Å². The highest BCUT2D eigenvalue weighted by Gasteiger charge is 2.36. The molecule has 1 saturated heterocycles. The third-order valence-corrected chi connectivity index (χ3v) is 6.83. The second-order valence-corrected chi connectivity index (χ2v) is 10.4. The Hall–Kier alpha value is -3.26. The highest BCUT2D eigenvalue weighted by atomic mass is 32.2. The van der Waals surface area contributed by atoms with E-state index in [0.717, 1.165) is 12.3 Å². The summed E-state index contributed by atoms with van der Waals surface area (Å²) in [5, 5.41) is 2.98. The molecule has 9 nitrogen and oxygen atoms in total. The van der Waals surface area contributed by atoms with Gasteiger partial charge in [-0.05, 0) is 38.8 Å². The van der Waals surface area contributed by atoms with Crippen LogP contribution in [0.25, 0.3) is 17.1 Å². The van der Waals surface area contributed by atoms with Crippen molar-refractivity contribution in [1.29, 1.82) is 0 Å². The molecular formula is C22H27F4N7O2S. The van der Waals surface area contributed by atoms with Crippen LogP contribution in [0.1, 0.15) is 31.2 Å². The van der Waals surface area contributed by atoms with E-state index in [0.29, 0.717) is 19.0 Å². The molecule has 3 rings (SSSR count). The minimum Gasteiger partial charge on any atom is -0.402 e. The zero-order chi connectivity index (χ0) is 26.8. The van der Waals surface area contributed by atoms with E-state index in [1.807, 2.05) is 0 Å². The van der Waals surface area contributed by atoms with Crippen molar-refractivity contribution in [2.24, 2.45) is 5.73 Å². The molecule has 0 unspecified atom stereocenters. The van der Waals surface area contributed by atoms with E-state index < -0.39 is 33.3 Å². The van der Waals surface area contributed by atoms with Crippen molar-refractivity contribution in [2.75, 3.05) is 24.7 Å². The fourth-order valence-electron chi connectivity index (χ4n) is 3.78. The minimum absolute atomic E-state index is 0.0466. The molecule has 1 aliphatic heterocycles. The van der Waals surface area contributed by atoms with Gasteiger partial charge in [-0.15, -0.1) is 0 Å². The molecule has 0 bridgehead atoms. The summed E-state index contributed by atoms with van der Waals surface area (Å²) in [5.74, 6) is -0.596. The first kappa shape index (κ1) is 27.3. The first-order valence-electron chi connectivity index (χ1n) is 10.9. The Labute approximate surface area is 206 Å². The summed E-state index contributed by atoms with van der Waals surface area (Å²) in [7, 11) is -3.32. The molecule has 0 saturated carbocycles. The van der Waals surface area contributed by atoms with Gasteiger partial charge in [-0.1, -0.05) is 6.58 Å². The molecule has 0 atom stereocenters. The summed E-state index contributed by atoms with van der Waals surface area (Å²) in [6.45, 7) is 7.10. The maximum Gasteiger partial charge on any atom is 0.420 e. The molecule has 1 fully saturated rings. The molecular weight excluding hydrogens is 502 g/mol. The van der Waals surface area contributed by atoms with Crippen LogP contribution in [0, 0.1) is 6.92 Å². The molecule has 3 N–H and O–H groups in total. The van der Waals surface area contributed by atoms with E-state index in [2.05, 4.69) is 26.8 Å². The second kappa shape index (κ2) is 10.4. The molecule has 196 valence electrons. The number of aromatic nitrogens is 4. The molecule has 0 amide bonds. The van der Waals surface area contributed by atoms with E-state index in [9.17, 15) is 26.0 Å². The Morgan fingerprint density at radius 3 is 2.44 bits per heavy atom. The van der Waals surface area contributed by atoms with Crippen molar-refractivity contribution in [3.63, 3.8) is 0 Å². The van der Waals surface area contributed by atoms with Crippen molar-refractivity contribution in [2.45, 2.75) is 38.9 Å². The standard InChI is InChI=1S/C22H27F4N7O2S/c1-5-19(17(23)10-13(2)27)33-12-18(29-14(33)3)20-16(22(24,25)26)11-28-21(31-20)30-15-6-8-32(9-7-15)36(4,34)35/h5,10-12,15H,1,6-9,27H2,2-4H3,(H,28,30,31)/b13-10+,19-17-. The molecule has 0 aliphatic carbocycles. The van der Waals surface area contributed by atoms with Gasteiger partial charge >= 0.3 is 6.18 Å². The second-order valence-electron chi connectivity index (χ2n) is 8.40. The molecule has 3 heterocycles. The summed E-state index contributed by atoms with van der Waals surface area (Å²) in [6.07, 6.45) is 1.39. The predicted octanol–water partition coefficient (Wildman–Crippen LogP) is 3.69. The number of imidazole rings is 1. The van der Waals surface area contributed by atoms with Crippen molar-refractivity contribution < 1.29 is 26.0 Å². The summed E-state index contributed by atoms with van der Waals surface area (Å²) >= 11 is 0. The smallest absolute Gasteiger partial charge is 0.402 e. The molecule has 0 radical (unpaired) electrons. The molecule has 0 spiro atoms. The monoisotopic (exact) mass is 529 g/mol. The van der Waals surface area contributed by atoms with E-state index in [1.165, 1.54) is 35.0 Å². The Balaban J connectivity index is 1.98. The van der Waals surface area contributed by atoms with Crippen LogP contribution in [0.5, 0.6) is 0 Å². The highest BCUT2D eigenvalue weighted by Crippen LogP contribution is 2.36. The number of nitrogens with two attached hydrogens (primary N) is 1. The lowest BCUT2D eigenvalue weighted by Gasteiger charge is -2.30. The van der Waals surface area contributed by atoms with Gasteiger partial charge in [0.05, 0.1) is 12.0 Å². The van der Waals surface area contributed by atoms with Gasteiger partial charge < -0.3 is 15.6 Å². The number of anilines is 1. The maximum atomic E-state index is 14.6. The van der Waals surface area contributed by atoms with Crippen LogP contribution in [0.3, 0.4) is 0 Å². The van der Waals surface area contributed by atoms with Gasteiger partial charge in [0, 0.05) is 37.2 Å². The van der Waals surface area contributed by atoms with E-state index in [4.69, 9.17) is 5.73 Å². The Morgan fingerprint density at radius 1 is 1.28 bits per heavy atom. The quantitative estimate of drug-likeness (QED) is 0.415. The van der Waals surface area contributed by atoms with E-state index in [-0.39, 0.29) is 48.0 Å². The van der Waals surface area contributed by atoms with Crippen molar-refractivity contribution in [3.8, 4) is 11.4 Å². The number of rotatable bonds is 7. The number of hydrogen-bond donors (Lipinski definition) is 2. The highest BCUT2D eigenvalue weighted by molar-refractivity contribution is 7.88. The van der Waals surface area contributed by atoms with Gasteiger partial charge in [0.1, 0.15) is 28.6 Å². The number of halogens is 4. The molecule has 0 aromatic carbocycles. The SMILES string of the molecule is C=C/C(=C(F)\C=C(/C)N)n1cc(-c2nc(NC3CCN(S(C)(=O)=O)CC3)ncc2C(F)(F)F)nc1C. The van der Waals surface area contributed by atoms with Crippen molar-refractivity contribution in [3.05, 3.63) is 54.0 Å². The fourth-order valence-corrected chi connectivity index (χ4v) is 4.66. The van der Waals surface area contributed by atoms with Crippen LogP contribution >= 0.6 is 0 Å². The Kier molecular flexibility index (Phi) is 7.88. The molecule has 36 heavy (non-hydrogen) atoms. The van der Waals surface area contributed by atoms with Crippen molar-refractivity contribution in [1.82, 2.24) is 23.8 Å². The first-order valence-corrected chi connectivity index (χ1v) is 12.7. The zero-order valence-electron chi connectivity index (χ0n) is 20.0. The number of aryl methyl sites for hydroxylation is 1. The first-order chi connectivity index (χ1) is 16.7. The largest absolute Gasteiger partial charge is 0.420 e. The van der Waals surface area contributed by atoms with Gasteiger partial charge in [0.2, 0.25) is 16.0 Å². The third-order valence-electron chi connectivity index (χ3n) is 5.53. The number of piperidine rings is 1. The summed E-state index contributed by atoms with van der Waals surface area (Å²) in [5.41, 5.74) is 3.95. The van der Waals surface area contributed by atoms with Crippen LogP contribution in [0.2, 0.25) is 0 Å². The van der Waals surface area contributed by atoms with Crippen LogP contribution < -0.4 is 11.1 Å². The number of nitrogens with zero attached hydrogens (tertiary/aromatic N) is 5. The van der Waals surface area contributed by atoms with Gasteiger partial charge in [-0.3, -0.25) is 0 Å². The lowest BCUT2D eigenvalue weighted by Crippen LogP contribution is -2.42. The number of alkyl halides is 3. The Bertz CT molecular complexity index is 1300. The van der Waals surface area contributed by atoms with Gasteiger partial charge in [0.25, 0.3) is 0 Å². The molecule has 1 aliphatic rings. The maximum absolute atomic E-state index is 14.6. The topological polar surface area (TPSA) is 119 Å². The fraction of sp³-hybridized carbons (Fsp3) is 0.409. The predicted molar refractivity (Wildman–Crippen MR) is 129 cm³/mol. The van der Waals surface area contributed by atoms with Gasteiger partial charge in [-0.2, -0.15) is 13.2 Å². The lowest BCUT2D eigenvalue weighted by molar-refractivity contribution is -0.137. The molecule has 14 heteroatoms. The molecule has 2 aromatic heterocycles. The number of nitrogens with one attached hydrogen (secondary N) is 1. The number of sulfonamides is 1. The minimum atomic E-state index is -4.77. The van der Waals surface area contributed by atoms with Crippen LogP contribution in [0.15, 0.2) is 42.6 Å². The normalized spacial score (nSPS) is 17.1. The summed E-state index contributed by atoms with van der Waals surface area (Å²) in [4.78, 5) is 12.1. The summed E-state index contributed by atoms with van der Waals surface area (Å²) < 4.78 is 82.0. The average molecular weight is 530 g/mol. The van der Waals surface area contributed by atoms with Crippen molar-refractivity contribution >= 4 is 21.7 Å². The van der Waals surface area contributed by atoms with Crippen LogP contribution in [-0.4, -0.2) is 57.6 Å². The van der Waals surface area contributed by atoms with Crippen LogP contribution in [-0.2, 0) is 16.2 Å².